The summed E-state index contributed by atoms with van der Waals surface area (Å²) < 4.78 is 20.4. The topological polar surface area (TPSA) is 74.4 Å². The highest BCUT2D eigenvalue weighted by Crippen LogP contribution is 2.43. The molecule has 0 unspecified atom stereocenters. The molecule has 0 radical (unpaired) electrons. The second kappa shape index (κ2) is 8.31. The van der Waals surface area contributed by atoms with Gasteiger partial charge in [-0.2, -0.15) is 0 Å². The number of pyridine rings is 1. The summed E-state index contributed by atoms with van der Waals surface area (Å²) in [5, 5.41) is 2.99. The number of aromatic nitrogens is 1. The molecule has 0 aliphatic carbocycles. The quantitative estimate of drug-likeness (QED) is 0.581. The third kappa shape index (κ3) is 3.84. The van der Waals surface area contributed by atoms with E-state index in [0.29, 0.717) is 22.8 Å². The molecule has 1 aromatic heterocycles. The minimum absolute atomic E-state index is 0.0219. The van der Waals surface area contributed by atoms with E-state index in [1.165, 1.54) is 12.1 Å². The fourth-order valence-corrected chi connectivity index (χ4v) is 4.83. The van der Waals surface area contributed by atoms with Gasteiger partial charge in [0.1, 0.15) is 18.2 Å². The Balaban J connectivity index is 1.32. The summed E-state index contributed by atoms with van der Waals surface area (Å²) >= 11 is 6.34. The number of ether oxygens (including phenoxy) is 1. The van der Waals surface area contributed by atoms with Crippen LogP contribution in [-0.2, 0) is 13.0 Å². The molecule has 164 valence electrons. The van der Waals surface area contributed by atoms with E-state index in [2.05, 4.69) is 10.3 Å². The number of fused-ring (bicyclic) bond motifs is 4. The highest BCUT2D eigenvalue weighted by Gasteiger charge is 2.42. The second-order valence-electron chi connectivity index (χ2n) is 8.09. The molecule has 2 bridgehead atoms. The number of nitrogens with one attached hydrogen (secondary N) is 2. The average molecular weight is 454 g/mol. The van der Waals surface area contributed by atoms with Gasteiger partial charge < -0.3 is 19.9 Å². The van der Waals surface area contributed by atoms with E-state index in [0.717, 1.165) is 24.0 Å². The Kier molecular flexibility index (Phi) is 5.35. The third-order valence-electron chi connectivity index (χ3n) is 6.11. The fraction of sp³-hybridized carbons (Fsp3) is 0.250. The van der Waals surface area contributed by atoms with E-state index < -0.39 is 5.82 Å². The number of carbonyl (C=O) groups is 1. The molecule has 2 amide bonds. The molecule has 1 saturated heterocycles. The van der Waals surface area contributed by atoms with Crippen LogP contribution in [0.3, 0.4) is 0 Å². The van der Waals surface area contributed by atoms with Crippen molar-refractivity contribution in [2.75, 3.05) is 5.32 Å². The lowest BCUT2D eigenvalue weighted by Gasteiger charge is -2.36. The van der Waals surface area contributed by atoms with Gasteiger partial charge in [0.05, 0.1) is 11.7 Å². The number of hydrogen-bond acceptors (Lipinski definition) is 3. The number of rotatable bonds is 4. The number of halogens is 2. The van der Waals surface area contributed by atoms with Gasteiger partial charge in [0.15, 0.2) is 0 Å². The number of amides is 2. The molecule has 2 atom stereocenters. The summed E-state index contributed by atoms with van der Waals surface area (Å²) in [6.07, 6.45) is 3.93. The average Bonchev–Trinajstić information content (AvgIpc) is 3.10. The van der Waals surface area contributed by atoms with Crippen LogP contribution in [0, 0.1) is 5.82 Å². The molecule has 2 aliphatic heterocycles. The maximum atomic E-state index is 14.8. The van der Waals surface area contributed by atoms with Crippen LogP contribution in [0.25, 0.3) is 0 Å². The molecule has 3 aromatic rings. The van der Waals surface area contributed by atoms with Crippen molar-refractivity contribution in [3.8, 4) is 5.75 Å². The van der Waals surface area contributed by atoms with Crippen molar-refractivity contribution in [3.63, 3.8) is 0 Å². The molecular weight excluding hydrogens is 433 g/mol. The zero-order valence-electron chi connectivity index (χ0n) is 17.1. The van der Waals surface area contributed by atoms with Gasteiger partial charge in [-0.15, -0.1) is 0 Å². The number of H-pyrrole nitrogens is 1. The van der Waals surface area contributed by atoms with E-state index >= 15 is 0 Å². The summed E-state index contributed by atoms with van der Waals surface area (Å²) in [7, 11) is 0. The molecule has 0 spiro atoms. The number of anilines is 1. The lowest BCUT2D eigenvalue weighted by molar-refractivity contribution is 0.179. The van der Waals surface area contributed by atoms with Crippen molar-refractivity contribution in [3.05, 3.63) is 92.6 Å². The number of hydrogen-bond donors (Lipinski definition) is 2. The van der Waals surface area contributed by atoms with Gasteiger partial charge in [0, 0.05) is 28.9 Å². The van der Waals surface area contributed by atoms with E-state index in [1.54, 1.807) is 29.3 Å². The highest BCUT2D eigenvalue weighted by atomic mass is 35.5. The molecule has 6 nitrogen and oxygen atoms in total. The molecule has 5 rings (SSSR count). The summed E-state index contributed by atoms with van der Waals surface area (Å²) in [5.74, 6) is 0.0760. The van der Waals surface area contributed by atoms with Crippen molar-refractivity contribution in [1.29, 1.82) is 0 Å². The zero-order valence-corrected chi connectivity index (χ0v) is 17.9. The minimum Gasteiger partial charge on any atom is -0.489 e. The number of benzene rings is 2. The van der Waals surface area contributed by atoms with Crippen LogP contribution in [0.4, 0.5) is 14.9 Å². The normalized spacial score (nSPS) is 18.9. The SMILES string of the molecule is O=C(Nc1cc(Cl)c(COc2ccccc2)cc1F)N1[C@H]2CC[C@@H]1c1c[nH]c(=O)cc1C2. The third-order valence-corrected chi connectivity index (χ3v) is 6.46. The van der Waals surface area contributed by atoms with Gasteiger partial charge in [-0.25, -0.2) is 9.18 Å². The molecule has 2 aromatic carbocycles. The Morgan fingerprint density at radius 1 is 1.22 bits per heavy atom. The second-order valence-corrected chi connectivity index (χ2v) is 8.50. The van der Waals surface area contributed by atoms with Crippen LogP contribution < -0.4 is 15.6 Å². The molecule has 2 aliphatic rings. The van der Waals surface area contributed by atoms with Crippen LogP contribution in [-0.4, -0.2) is 22.0 Å². The number of nitrogens with zero attached hydrogens (tertiary/aromatic N) is 1. The predicted octanol–water partition coefficient (Wildman–Crippen LogP) is 5.04. The highest BCUT2D eigenvalue weighted by molar-refractivity contribution is 6.31. The Labute approximate surface area is 189 Å². The van der Waals surface area contributed by atoms with Gasteiger partial charge in [-0.3, -0.25) is 4.79 Å². The van der Waals surface area contributed by atoms with Crippen LogP contribution >= 0.6 is 11.6 Å². The Morgan fingerprint density at radius 3 is 2.84 bits per heavy atom. The number of carbonyl (C=O) groups excluding carboxylic acids is 1. The Hall–Kier alpha value is -3.32. The fourth-order valence-electron chi connectivity index (χ4n) is 4.61. The van der Waals surface area contributed by atoms with Gasteiger partial charge in [-0.1, -0.05) is 29.8 Å². The molecule has 32 heavy (non-hydrogen) atoms. The first kappa shape index (κ1) is 20.6. The van der Waals surface area contributed by atoms with Crippen LogP contribution in [0.2, 0.25) is 5.02 Å². The number of aromatic amines is 1. The van der Waals surface area contributed by atoms with Gasteiger partial charge >= 0.3 is 6.03 Å². The van der Waals surface area contributed by atoms with Crippen molar-refractivity contribution in [1.82, 2.24) is 9.88 Å². The van der Waals surface area contributed by atoms with Crippen molar-refractivity contribution >= 4 is 23.3 Å². The molecule has 2 N–H and O–H groups in total. The monoisotopic (exact) mass is 453 g/mol. The molecule has 1 fully saturated rings. The largest absolute Gasteiger partial charge is 0.489 e. The van der Waals surface area contributed by atoms with Crippen molar-refractivity contribution in [2.45, 2.75) is 38.0 Å². The Morgan fingerprint density at radius 2 is 2.03 bits per heavy atom. The Bertz CT molecular complexity index is 1230. The van der Waals surface area contributed by atoms with E-state index in [-0.39, 0.29) is 36.0 Å². The van der Waals surface area contributed by atoms with Crippen LogP contribution in [0.5, 0.6) is 5.75 Å². The first-order chi connectivity index (χ1) is 15.5. The van der Waals surface area contributed by atoms with E-state index in [9.17, 15) is 14.0 Å². The number of para-hydroxylation sites is 1. The molecule has 3 heterocycles. The summed E-state index contributed by atoms with van der Waals surface area (Å²) in [5.41, 5.74) is 2.29. The summed E-state index contributed by atoms with van der Waals surface area (Å²) in [6, 6.07) is 12.9. The first-order valence-corrected chi connectivity index (χ1v) is 10.8. The smallest absolute Gasteiger partial charge is 0.322 e. The lowest BCUT2D eigenvalue weighted by Crippen LogP contribution is -2.44. The zero-order chi connectivity index (χ0) is 22.2. The molecular formula is C24H21ClFN3O3. The van der Waals surface area contributed by atoms with Gasteiger partial charge in [0.25, 0.3) is 0 Å². The lowest BCUT2D eigenvalue weighted by atomic mass is 9.95. The first-order valence-electron chi connectivity index (χ1n) is 10.5. The van der Waals surface area contributed by atoms with Crippen LogP contribution in [0.1, 0.15) is 35.6 Å². The molecule has 0 saturated carbocycles. The van der Waals surface area contributed by atoms with Gasteiger partial charge in [-0.05, 0) is 54.7 Å². The van der Waals surface area contributed by atoms with Crippen molar-refractivity contribution < 1.29 is 13.9 Å². The van der Waals surface area contributed by atoms with Gasteiger partial charge in [0.2, 0.25) is 5.56 Å². The maximum absolute atomic E-state index is 14.8. The van der Waals surface area contributed by atoms with Crippen LogP contribution in [0.15, 0.2) is 59.5 Å². The number of urea groups is 1. The van der Waals surface area contributed by atoms with E-state index in [4.69, 9.17) is 16.3 Å². The predicted molar refractivity (Wildman–Crippen MR) is 120 cm³/mol. The maximum Gasteiger partial charge on any atom is 0.322 e. The van der Waals surface area contributed by atoms with E-state index in [1.807, 2.05) is 18.2 Å². The molecule has 8 heteroatoms. The standard InChI is InChI=1S/C24H21ClFN3O3/c25-19-11-21(20(26)9-15(19)13-32-17-4-2-1-3-5-17)28-24(31)29-16-6-7-22(29)18-12-27-23(30)10-14(18)8-16/h1-5,9-12,16,22H,6-8,13H2,(H,27,30)(H,28,31)/t16-,22+/m0/s1. The van der Waals surface area contributed by atoms with Crippen molar-refractivity contribution in [2.24, 2.45) is 0 Å². The summed E-state index contributed by atoms with van der Waals surface area (Å²) in [6.45, 7) is 0.110. The summed E-state index contributed by atoms with van der Waals surface area (Å²) in [4.78, 5) is 29.2. The minimum atomic E-state index is -0.580.